The number of hydrogen-bond donors (Lipinski definition) is 0. The number of ketones is 1. The van der Waals surface area contributed by atoms with E-state index in [2.05, 4.69) is 16.2 Å². The maximum Gasteiger partial charge on any atom is 0.206 e. The number of halogens is 1. The van der Waals surface area contributed by atoms with Gasteiger partial charge in [-0.1, -0.05) is 18.2 Å². The van der Waals surface area contributed by atoms with Gasteiger partial charge in [-0.05, 0) is 56.3 Å². The highest BCUT2D eigenvalue weighted by Crippen LogP contribution is 2.31. The molecule has 0 bridgehead atoms. The minimum absolute atomic E-state index is 0.0505. The zero-order valence-corrected chi connectivity index (χ0v) is 15.5. The molecule has 142 valence electrons. The largest absolute Gasteiger partial charge is 0.303 e. The van der Waals surface area contributed by atoms with Crippen molar-refractivity contribution in [1.29, 1.82) is 5.26 Å². The molecule has 1 unspecified atom stereocenters. The minimum Gasteiger partial charge on any atom is -0.303 e. The van der Waals surface area contributed by atoms with Crippen LogP contribution in [0.1, 0.15) is 41.2 Å². The molecule has 0 saturated carbocycles. The molecule has 2 aromatic carbocycles. The van der Waals surface area contributed by atoms with Gasteiger partial charge in [-0.25, -0.2) is 4.39 Å². The number of likely N-dealkylation sites (tertiary alicyclic amines) is 1. The number of aromatic nitrogens is 2. The number of nitriles is 1. The summed E-state index contributed by atoms with van der Waals surface area (Å²) in [4.78, 5) is 14.6. The Kier molecular flexibility index (Phi) is 5.18. The summed E-state index contributed by atoms with van der Waals surface area (Å²) in [6.07, 6.45) is 4.35. The van der Waals surface area contributed by atoms with Gasteiger partial charge < -0.3 is 4.90 Å². The van der Waals surface area contributed by atoms with Gasteiger partial charge in [-0.2, -0.15) is 15.0 Å². The Balaban J connectivity index is 1.34. The highest BCUT2D eigenvalue weighted by atomic mass is 19.1. The lowest BCUT2D eigenvalue weighted by Gasteiger charge is -2.15. The normalized spacial score (nSPS) is 17.1. The highest BCUT2D eigenvalue weighted by Gasteiger charge is 2.27. The number of hydrogen-bond acceptors (Lipinski definition) is 4. The van der Waals surface area contributed by atoms with Crippen LogP contribution in [0.5, 0.6) is 0 Å². The first-order valence-corrected chi connectivity index (χ1v) is 9.54. The molecule has 0 aliphatic carbocycles. The summed E-state index contributed by atoms with van der Waals surface area (Å²) >= 11 is 0. The Morgan fingerprint density at radius 2 is 2.00 bits per heavy atom. The maximum atomic E-state index is 13.0. The average molecular weight is 376 g/mol. The van der Waals surface area contributed by atoms with Gasteiger partial charge in [0.15, 0.2) is 5.78 Å². The molecule has 1 saturated heterocycles. The molecule has 1 aliphatic rings. The Morgan fingerprint density at radius 3 is 2.79 bits per heavy atom. The van der Waals surface area contributed by atoms with E-state index in [9.17, 15) is 14.4 Å². The summed E-state index contributed by atoms with van der Waals surface area (Å²) in [6.45, 7) is 2.70. The third-order valence-electron chi connectivity index (χ3n) is 5.41. The van der Waals surface area contributed by atoms with E-state index in [0.717, 1.165) is 49.1 Å². The van der Waals surface area contributed by atoms with E-state index in [1.54, 1.807) is 12.1 Å². The molecule has 1 atom stereocenters. The van der Waals surface area contributed by atoms with Crippen molar-refractivity contribution in [2.45, 2.75) is 25.2 Å². The first-order chi connectivity index (χ1) is 13.7. The van der Waals surface area contributed by atoms with Crippen molar-refractivity contribution >= 4 is 16.7 Å². The van der Waals surface area contributed by atoms with Crippen molar-refractivity contribution in [3.63, 3.8) is 0 Å². The molecule has 3 aromatic rings. The number of carbonyl (C=O) groups is 1. The van der Waals surface area contributed by atoms with Gasteiger partial charge in [-0.15, -0.1) is 0 Å². The minimum atomic E-state index is -0.328. The Labute approximate surface area is 163 Å². The van der Waals surface area contributed by atoms with E-state index in [4.69, 9.17) is 0 Å². The average Bonchev–Trinajstić information content (AvgIpc) is 3.32. The number of para-hydroxylation sites is 1. The molecule has 0 N–H and O–H groups in total. The SMILES string of the molecule is N#Cn1nc(C2CCN(CCCC(=O)c3ccc(F)cc3)C2)c2ccccc21. The standard InChI is InChI=1S/C22H21FN4O/c23-18-9-7-16(8-10-18)21(28)6-3-12-26-13-11-17(14-26)22-19-4-1-2-5-20(19)27(15-24)25-22/h1-2,4-5,7-10,17H,3,6,11-14H2. The Bertz CT molecular complexity index is 1030. The van der Waals surface area contributed by atoms with Crippen LogP contribution in [0, 0.1) is 17.3 Å². The van der Waals surface area contributed by atoms with Crippen LogP contribution in [0.15, 0.2) is 48.5 Å². The topological polar surface area (TPSA) is 61.9 Å². The van der Waals surface area contributed by atoms with Gasteiger partial charge in [0.1, 0.15) is 5.82 Å². The van der Waals surface area contributed by atoms with Crippen molar-refractivity contribution in [3.05, 3.63) is 65.6 Å². The second-order valence-corrected chi connectivity index (χ2v) is 7.23. The molecule has 28 heavy (non-hydrogen) atoms. The van der Waals surface area contributed by atoms with Crippen LogP contribution < -0.4 is 0 Å². The zero-order chi connectivity index (χ0) is 19.5. The van der Waals surface area contributed by atoms with Crippen molar-refractivity contribution < 1.29 is 9.18 Å². The van der Waals surface area contributed by atoms with Crippen LogP contribution >= 0.6 is 0 Å². The number of nitrogens with zero attached hydrogens (tertiary/aromatic N) is 4. The van der Waals surface area contributed by atoms with E-state index in [-0.39, 0.29) is 11.6 Å². The predicted molar refractivity (Wildman–Crippen MR) is 105 cm³/mol. The quantitative estimate of drug-likeness (QED) is 0.611. The summed E-state index contributed by atoms with van der Waals surface area (Å²) < 4.78 is 14.4. The van der Waals surface area contributed by atoms with Crippen molar-refractivity contribution in [1.82, 2.24) is 14.7 Å². The van der Waals surface area contributed by atoms with Crippen LogP contribution in [0.3, 0.4) is 0 Å². The van der Waals surface area contributed by atoms with E-state index in [1.165, 1.54) is 16.8 Å². The molecule has 0 amide bonds. The van der Waals surface area contributed by atoms with Gasteiger partial charge in [0, 0.05) is 29.8 Å². The first kappa shape index (κ1) is 18.3. The second-order valence-electron chi connectivity index (χ2n) is 7.23. The van der Waals surface area contributed by atoms with Crippen molar-refractivity contribution in [2.24, 2.45) is 0 Å². The number of fused-ring (bicyclic) bond motifs is 1. The van der Waals surface area contributed by atoms with E-state index in [1.807, 2.05) is 24.3 Å². The predicted octanol–water partition coefficient (Wildman–Crippen LogP) is 3.96. The molecule has 5 nitrogen and oxygen atoms in total. The van der Waals surface area contributed by atoms with Crippen molar-refractivity contribution in [3.8, 4) is 6.19 Å². The summed E-state index contributed by atoms with van der Waals surface area (Å²) in [5.41, 5.74) is 2.40. The summed E-state index contributed by atoms with van der Waals surface area (Å²) in [6, 6.07) is 13.6. The third kappa shape index (κ3) is 3.67. The molecular weight excluding hydrogens is 355 g/mol. The van der Waals surface area contributed by atoms with Gasteiger partial charge >= 0.3 is 0 Å². The van der Waals surface area contributed by atoms with E-state index < -0.39 is 0 Å². The summed E-state index contributed by atoms with van der Waals surface area (Å²) in [5.74, 6) is 0.0211. The van der Waals surface area contributed by atoms with Crippen LogP contribution in [0.2, 0.25) is 0 Å². The van der Waals surface area contributed by atoms with Crippen LogP contribution in [0.4, 0.5) is 4.39 Å². The fraction of sp³-hybridized carbons (Fsp3) is 0.318. The highest BCUT2D eigenvalue weighted by molar-refractivity contribution is 5.95. The lowest BCUT2D eigenvalue weighted by atomic mass is 10.0. The van der Waals surface area contributed by atoms with Gasteiger partial charge in [-0.3, -0.25) is 4.79 Å². The number of carbonyl (C=O) groups excluding carboxylic acids is 1. The van der Waals surface area contributed by atoms with E-state index >= 15 is 0 Å². The smallest absolute Gasteiger partial charge is 0.206 e. The molecule has 0 radical (unpaired) electrons. The van der Waals surface area contributed by atoms with E-state index in [0.29, 0.717) is 17.9 Å². The zero-order valence-electron chi connectivity index (χ0n) is 15.5. The third-order valence-corrected chi connectivity index (χ3v) is 5.41. The monoisotopic (exact) mass is 376 g/mol. The summed E-state index contributed by atoms with van der Waals surface area (Å²) in [7, 11) is 0. The van der Waals surface area contributed by atoms with Crippen LogP contribution in [-0.2, 0) is 0 Å². The van der Waals surface area contributed by atoms with Gasteiger partial charge in [0.2, 0.25) is 6.19 Å². The molecule has 0 spiro atoms. The van der Waals surface area contributed by atoms with Gasteiger partial charge in [0.25, 0.3) is 0 Å². The van der Waals surface area contributed by atoms with Crippen LogP contribution in [-0.4, -0.2) is 40.1 Å². The Morgan fingerprint density at radius 1 is 1.21 bits per heavy atom. The lowest BCUT2D eigenvalue weighted by molar-refractivity contribution is 0.0976. The van der Waals surface area contributed by atoms with Crippen LogP contribution in [0.25, 0.3) is 10.9 Å². The second kappa shape index (κ2) is 7.91. The number of benzene rings is 2. The lowest BCUT2D eigenvalue weighted by Crippen LogP contribution is -2.22. The number of rotatable bonds is 6. The maximum absolute atomic E-state index is 13.0. The Hall–Kier alpha value is -3.04. The molecule has 4 rings (SSSR count). The molecular formula is C22H21FN4O. The van der Waals surface area contributed by atoms with Crippen molar-refractivity contribution in [2.75, 3.05) is 19.6 Å². The van der Waals surface area contributed by atoms with Gasteiger partial charge in [0.05, 0.1) is 11.2 Å². The number of Topliss-reactive ketones (excluding diaryl/α,β-unsaturated/α-hetero) is 1. The molecule has 1 aliphatic heterocycles. The molecule has 1 fully saturated rings. The molecule has 2 heterocycles. The fourth-order valence-electron chi connectivity index (χ4n) is 3.97. The summed E-state index contributed by atoms with van der Waals surface area (Å²) in [5, 5.41) is 14.9. The molecule has 6 heteroatoms. The molecule has 1 aromatic heterocycles. The first-order valence-electron chi connectivity index (χ1n) is 9.54. The fourth-order valence-corrected chi connectivity index (χ4v) is 3.97.